The van der Waals surface area contributed by atoms with Gasteiger partial charge in [-0.3, -0.25) is 5.10 Å². The third-order valence-electron chi connectivity index (χ3n) is 2.03. The van der Waals surface area contributed by atoms with Crippen LogP contribution < -0.4 is 5.32 Å². The van der Waals surface area contributed by atoms with Gasteiger partial charge >= 0.3 is 0 Å². The Morgan fingerprint density at radius 2 is 2.46 bits per heavy atom. The molecule has 4 heteroatoms. The van der Waals surface area contributed by atoms with Crippen LogP contribution in [-0.2, 0) is 6.54 Å². The Kier molecular flexibility index (Phi) is 4.46. The second kappa shape index (κ2) is 5.70. The molecule has 1 heterocycles. The lowest BCUT2D eigenvalue weighted by atomic mass is 10.1. The lowest BCUT2D eigenvalue weighted by molar-refractivity contribution is 0.472. The molecule has 0 aliphatic heterocycles. The Morgan fingerprint density at radius 3 is 3.08 bits per heavy atom. The first-order valence-electron chi connectivity index (χ1n) is 4.88. The highest BCUT2D eigenvalue weighted by Gasteiger charge is 2.00. The number of H-pyrrole nitrogens is 1. The van der Waals surface area contributed by atoms with Crippen molar-refractivity contribution in [3.05, 3.63) is 12.2 Å². The van der Waals surface area contributed by atoms with Crippen molar-refractivity contribution in [3.8, 4) is 0 Å². The molecule has 1 atom stereocenters. The summed E-state index contributed by atoms with van der Waals surface area (Å²) in [5, 5.41) is 9.94. The smallest absolute Gasteiger partial charge is 0.138 e. The Morgan fingerprint density at radius 1 is 1.62 bits per heavy atom. The number of rotatable bonds is 6. The first-order valence-corrected chi connectivity index (χ1v) is 4.88. The second-order valence-electron chi connectivity index (χ2n) is 3.46. The topological polar surface area (TPSA) is 53.6 Å². The van der Waals surface area contributed by atoms with Gasteiger partial charge in [-0.1, -0.05) is 20.3 Å². The average Bonchev–Trinajstić information content (AvgIpc) is 2.57. The molecule has 0 saturated carbocycles. The molecule has 0 spiro atoms. The highest BCUT2D eigenvalue weighted by atomic mass is 15.2. The Balaban J connectivity index is 2.07. The molecule has 0 aromatic carbocycles. The summed E-state index contributed by atoms with van der Waals surface area (Å²) >= 11 is 0. The molecular formula is C9H18N4. The van der Waals surface area contributed by atoms with Gasteiger partial charge in [0.2, 0.25) is 0 Å². The van der Waals surface area contributed by atoms with E-state index in [0.29, 0.717) is 0 Å². The SMILES string of the molecule is CCCC(C)CNCc1ncn[nH]1. The van der Waals surface area contributed by atoms with Gasteiger partial charge in [-0.25, -0.2) is 4.98 Å². The summed E-state index contributed by atoms with van der Waals surface area (Å²) in [5.41, 5.74) is 0. The largest absolute Gasteiger partial charge is 0.310 e. The van der Waals surface area contributed by atoms with Gasteiger partial charge in [-0.15, -0.1) is 0 Å². The van der Waals surface area contributed by atoms with Crippen molar-refractivity contribution in [1.29, 1.82) is 0 Å². The number of nitrogens with zero attached hydrogens (tertiary/aromatic N) is 2. The molecule has 4 nitrogen and oxygen atoms in total. The summed E-state index contributed by atoms with van der Waals surface area (Å²) in [4.78, 5) is 4.03. The molecule has 0 saturated heterocycles. The molecule has 0 amide bonds. The summed E-state index contributed by atoms with van der Waals surface area (Å²) < 4.78 is 0. The van der Waals surface area contributed by atoms with E-state index < -0.39 is 0 Å². The number of hydrogen-bond acceptors (Lipinski definition) is 3. The monoisotopic (exact) mass is 182 g/mol. The fourth-order valence-corrected chi connectivity index (χ4v) is 1.35. The van der Waals surface area contributed by atoms with Crippen LogP contribution in [0.4, 0.5) is 0 Å². The van der Waals surface area contributed by atoms with Crippen molar-refractivity contribution in [2.24, 2.45) is 5.92 Å². The molecule has 0 aliphatic carbocycles. The van der Waals surface area contributed by atoms with Crippen LogP contribution in [0.5, 0.6) is 0 Å². The van der Waals surface area contributed by atoms with E-state index in [-0.39, 0.29) is 0 Å². The molecule has 1 unspecified atom stereocenters. The zero-order valence-corrected chi connectivity index (χ0v) is 8.38. The van der Waals surface area contributed by atoms with E-state index in [1.54, 1.807) is 0 Å². The van der Waals surface area contributed by atoms with Gasteiger partial charge in [-0.2, -0.15) is 5.10 Å². The number of aromatic amines is 1. The normalized spacial score (nSPS) is 13.1. The summed E-state index contributed by atoms with van der Waals surface area (Å²) in [6.07, 6.45) is 4.07. The fraction of sp³-hybridized carbons (Fsp3) is 0.778. The highest BCUT2D eigenvalue weighted by molar-refractivity contribution is 4.78. The van der Waals surface area contributed by atoms with E-state index in [9.17, 15) is 0 Å². The first-order chi connectivity index (χ1) is 6.33. The van der Waals surface area contributed by atoms with Gasteiger partial charge in [0.05, 0.1) is 6.54 Å². The third kappa shape index (κ3) is 4.03. The van der Waals surface area contributed by atoms with E-state index >= 15 is 0 Å². The van der Waals surface area contributed by atoms with Crippen LogP contribution in [0.2, 0.25) is 0 Å². The molecule has 1 aromatic rings. The van der Waals surface area contributed by atoms with Crippen LogP contribution >= 0.6 is 0 Å². The Bertz CT molecular complexity index is 207. The predicted octanol–water partition coefficient (Wildman–Crippen LogP) is 1.33. The van der Waals surface area contributed by atoms with Crippen LogP contribution in [0.25, 0.3) is 0 Å². The van der Waals surface area contributed by atoms with E-state index in [1.807, 2.05) is 0 Å². The van der Waals surface area contributed by atoms with Crippen molar-refractivity contribution >= 4 is 0 Å². The molecular weight excluding hydrogens is 164 g/mol. The van der Waals surface area contributed by atoms with E-state index in [1.165, 1.54) is 19.2 Å². The van der Waals surface area contributed by atoms with Gasteiger partial charge in [0.25, 0.3) is 0 Å². The highest BCUT2D eigenvalue weighted by Crippen LogP contribution is 2.02. The Labute approximate surface area is 79.2 Å². The maximum Gasteiger partial charge on any atom is 0.138 e. The minimum absolute atomic E-state index is 0.743. The summed E-state index contributed by atoms with van der Waals surface area (Å²) in [6, 6.07) is 0. The van der Waals surface area contributed by atoms with Gasteiger partial charge in [0.1, 0.15) is 12.2 Å². The van der Waals surface area contributed by atoms with Crippen molar-refractivity contribution in [3.63, 3.8) is 0 Å². The molecule has 1 rings (SSSR count). The van der Waals surface area contributed by atoms with E-state index in [2.05, 4.69) is 34.3 Å². The number of hydrogen-bond donors (Lipinski definition) is 2. The minimum Gasteiger partial charge on any atom is -0.310 e. The standard InChI is InChI=1S/C9H18N4/c1-3-4-8(2)5-10-6-9-11-7-12-13-9/h7-8,10H,3-6H2,1-2H3,(H,11,12,13). The predicted molar refractivity (Wildman–Crippen MR) is 52.2 cm³/mol. The van der Waals surface area contributed by atoms with Crippen LogP contribution in [-0.4, -0.2) is 21.7 Å². The molecule has 0 aliphatic rings. The molecule has 2 N–H and O–H groups in total. The lowest BCUT2D eigenvalue weighted by Crippen LogP contribution is -2.21. The average molecular weight is 182 g/mol. The minimum atomic E-state index is 0.743. The van der Waals surface area contributed by atoms with Gasteiger partial charge in [0.15, 0.2) is 0 Å². The summed E-state index contributed by atoms with van der Waals surface area (Å²) in [7, 11) is 0. The van der Waals surface area contributed by atoms with Crippen LogP contribution in [0.15, 0.2) is 6.33 Å². The van der Waals surface area contributed by atoms with Gasteiger partial charge in [-0.05, 0) is 18.9 Å². The molecule has 0 bridgehead atoms. The maximum absolute atomic E-state index is 4.03. The maximum atomic E-state index is 4.03. The van der Waals surface area contributed by atoms with Crippen LogP contribution in [0.3, 0.4) is 0 Å². The van der Waals surface area contributed by atoms with Gasteiger partial charge < -0.3 is 5.32 Å². The summed E-state index contributed by atoms with van der Waals surface area (Å²) in [6.45, 7) is 6.31. The van der Waals surface area contributed by atoms with Crippen LogP contribution in [0.1, 0.15) is 32.5 Å². The van der Waals surface area contributed by atoms with E-state index in [4.69, 9.17) is 0 Å². The second-order valence-corrected chi connectivity index (χ2v) is 3.46. The lowest BCUT2D eigenvalue weighted by Gasteiger charge is -2.09. The Hall–Kier alpha value is -0.900. The molecule has 0 fully saturated rings. The van der Waals surface area contributed by atoms with E-state index in [0.717, 1.165) is 24.8 Å². The van der Waals surface area contributed by atoms with Gasteiger partial charge in [0, 0.05) is 0 Å². The van der Waals surface area contributed by atoms with Crippen molar-refractivity contribution < 1.29 is 0 Å². The quantitative estimate of drug-likeness (QED) is 0.698. The molecule has 0 radical (unpaired) electrons. The zero-order valence-electron chi connectivity index (χ0n) is 8.38. The number of nitrogens with one attached hydrogen (secondary N) is 2. The number of aromatic nitrogens is 3. The van der Waals surface area contributed by atoms with Crippen molar-refractivity contribution in [1.82, 2.24) is 20.5 Å². The molecule has 13 heavy (non-hydrogen) atoms. The zero-order chi connectivity index (χ0) is 9.52. The van der Waals surface area contributed by atoms with Crippen molar-refractivity contribution in [2.75, 3.05) is 6.54 Å². The van der Waals surface area contributed by atoms with Crippen molar-refractivity contribution in [2.45, 2.75) is 33.2 Å². The fourth-order valence-electron chi connectivity index (χ4n) is 1.35. The molecule has 1 aromatic heterocycles. The summed E-state index contributed by atoms with van der Waals surface area (Å²) in [5.74, 6) is 1.65. The molecule has 74 valence electrons. The third-order valence-corrected chi connectivity index (χ3v) is 2.03. The van der Waals surface area contributed by atoms with Crippen LogP contribution in [0, 0.1) is 5.92 Å². The first kappa shape index (κ1) is 10.2.